The van der Waals surface area contributed by atoms with Gasteiger partial charge in [-0.25, -0.2) is 0 Å². The Hall–Kier alpha value is -3.05. The fraction of sp³-hybridized carbons (Fsp3) is 0.519. The van der Waals surface area contributed by atoms with E-state index in [0.29, 0.717) is 5.56 Å². The van der Waals surface area contributed by atoms with Gasteiger partial charge in [0.1, 0.15) is 77.4 Å². The first-order chi connectivity index (χ1) is 19.5. The molecule has 0 bridgehead atoms. The molecule has 0 aromatic heterocycles. The molecule has 41 heavy (non-hydrogen) atoms. The van der Waals surface area contributed by atoms with Gasteiger partial charge in [0.2, 0.25) is 12.6 Å². The van der Waals surface area contributed by atoms with Crippen LogP contribution >= 0.6 is 0 Å². The first-order valence-electron chi connectivity index (χ1n) is 13.0. The van der Waals surface area contributed by atoms with Crippen LogP contribution in [0, 0.1) is 0 Å². The number of ether oxygens (including phenoxy) is 5. The van der Waals surface area contributed by atoms with Crippen molar-refractivity contribution in [2.24, 2.45) is 0 Å². The Bertz CT molecular complexity index is 1240. The summed E-state index contributed by atoms with van der Waals surface area (Å²) in [6.45, 7) is 0.895. The van der Waals surface area contributed by atoms with Gasteiger partial charge in [-0.05, 0) is 24.6 Å². The van der Waals surface area contributed by atoms with Crippen molar-refractivity contribution in [1.82, 2.24) is 0 Å². The SMILES string of the molecule is CC1OC(Oc2cc(O)c3c(c2)OC(c2ccc(OC4OC(CO)C(O)C(O)C4O)cc2)CC3=O)C(O)C(O)C1O. The van der Waals surface area contributed by atoms with Crippen LogP contribution in [-0.4, -0.2) is 115 Å². The third-order valence-corrected chi connectivity index (χ3v) is 7.39. The lowest BCUT2D eigenvalue weighted by atomic mass is 9.95. The quantitative estimate of drug-likeness (QED) is 0.194. The summed E-state index contributed by atoms with van der Waals surface area (Å²) in [5.74, 6) is -0.590. The second kappa shape index (κ2) is 11.7. The first kappa shape index (κ1) is 29.4. The maximum absolute atomic E-state index is 12.9. The normalized spacial score (nSPS) is 37.2. The molecule has 0 saturated carbocycles. The Kier molecular flexibility index (Phi) is 8.39. The van der Waals surface area contributed by atoms with Gasteiger partial charge in [-0.2, -0.15) is 0 Å². The zero-order valence-corrected chi connectivity index (χ0v) is 21.8. The number of hydrogen-bond donors (Lipinski definition) is 8. The van der Waals surface area contributed by atoms with E-state index in [1.807, 2.05) is 0 Å². The average molecular weight is 581 g/mol. The summed E-state index contributed by atoms with van der Waals surface area (Å²) in [5, 5.41) is 80.1. The van der Waals surface area contributed by atoms with Crippen LogP contribution in [0.5, 0.6) is 23.0 Å². The molecule has 2 fully saturated rings. The minimum atomic E-state index is -1.59. The van der Waals surface area contributed by atoms with Gasteiger partial charge in [-0.3, -0.25) is 4.79 Å². The van der Waals surface area contributed by atoms with Crippen LogP contribution in [0.4, 0.5) is 0 Å². The van der Waals surface area contributed by atoms with E-state index in [1.165, 1.54) is 25.1 Å². The Balaban J connectivity index is 1.29. The van der Waals surface area contributed by atoms with Crippen molar-refractivity contribution in [2.45, 2.75) is 80.9 Å². The Morgan fingerprint density at radius 2 is 1.41 bits per heavy atom. The summed E-state index contributed by atoms with van der Waals surface area (Å²) in [5.41, 5.74) is 0.512. The number of rotatable bonds is 6. The van der Waals surface area contributed by atoms with Gasteiger partial charge in [0.25, 0.3) is 0 Å². The maximum Gasteiger partial charge on any atom is 0.229 e. The van der Waals surface area contributed by atoms with Gasteiger partial charge in [-0.15, -0.1) is 0 Å². The van der Waals surface area contributed by atoms with E-state index in [0.717, 1.165) is 6.07 Å². The van der Waals surface area contributed by atoms with Crippen LogP contribution in [0.1, 0.15) is 35.4 Å². The molecule has 14 heteroatoms. The lowest BCUT2D eigenvalue weighted by Gasteiger charge is -2.39. The smallest absolute Gasteiger partial charge is 0.229 e. The molecule has 3 aliphatic heterocycles. The zero-order chi connectivity index (χ0) is 29.6. The highest BCUT2D eigenvalue weighted by Gasteiger charge is 2.45. The molecule has 3 heterocycles. The van der Waals surface area contributed by atoms with Crippen LogP contribution in [0.15, 0.2) is 36.4 Å². The van der Waals surface area contributed by atoms with E-state index < -0.39 is 85.7 Å². The topological polar surface area (TPSA) is 225 Å². The Morgan fingerprint density at radius 1 is 0.805 bits per heavy atom. The number of phenolic OH excluding ortho intramolecular Hbond substituents is 1. The number of benzene rings is 2. The van der Waals surface area contributed by atoms with Crippen LogP contribution in [-0.2, 0) is 9.47 Å². The number of phenols is 1. The highest BCUT2D eigenvalue weighted by molar-refractivity contribution is 6.02. The summed E-state index contributed by atoms with van der Waals surface area (Å²) in [7, 11) is 0. The van der Waals surface area contributed by atoms with E-state index in [9.17, 15) is 45.6 Å². The summed E-state index contributed by atoms with van der Waals surface area (Å²) >= 11 is 0. The molecule has 2 aromatic carbocycles. The standard InChI is InChI=1S/C27H32O14/c1-10-20(31)22(33)24(35)26(37-10)39-13-6-14(29)19-15(30)8-16(40-17(19)7-13)11-2-4-12(5-3-11)38-27-25(36)23(34)21(32)18(9-28)41-27/h2-7,10,16,18,20-29,31-36H,8-9H2,1H3. The molecular formula is C27H32O14. The fourth-order valence-electron chi connectivity index (χ4n) is 4.97. The molecule has 5 rings (SSSR count). The number of fused-ring (bicyclic) bond motifs is 1. The lowest BCUT2D eigenvalue weighted by molar-refractivity contribution is -0.277. The number of ketones is 1. The molecular weight excluding hydrogens is 548 g/mol. The molecule has 224 valence electrons. The van der Waals surface area contributed by atoms with Gasteiger partial charge in [-0.1, -0.05) is 12.1 Å². The predicted molar refractivity (Wildman–Crippen MR) is 134 cm³/mol. The highest BCUT2D eigenvalue weighted by atomic mass is 16.7. The number of carbonyl (C=O) groups excluding carboxylic acids is 1. The molecule has 3 aliphatic rings. The molecule has 2 aromatic rings. The van der Waals surface area contributed by atoms with Crippen LogP contribution in [0.2, 0.25) is 0 Å². The number of aliphatic hydroxyl groups is 7. The molecule has 11 unspecified atom stereocenters. The van der Waals surface area contributed by atoms with Crippen molar-refractivity contribution in [3.63, 3.8) is 0 Å². The van der Waals surface area contributed by atoms with Crippen molar-refractivity contribution >= 4 is 5.78 Å². The first-order valence-corrected chi connectivity index (χ1v) is 13.0. The summed E-state index contributed by atoms with van der Waals surface area (Å²) in [6, 6.07) is 8.73. The molecule has 0 spiro atoms. The predicted octanol–water partition coefficient (Wildman–Crippen LogP) is -1.52. The van der Waals surface area contributed by atoms with E-state index in [-0.39, 0.29) is 29.2 Å². The van der Waals surface area contributed by atoms with Crippen molar-refractivity contribution in [3.8, 4) is 23.0 Å². The van der Waals surface area contributed by atoms with Crippen molar-refractivity contribution < 1.29 is 69.3 Å². The van der Waals surface area contributed by atoms with E-state index in [2.05, 4.69) is 0 Å². The molecule has 0 amide bonds. The number of carbonyl (C=O) groups is 1. The van der Waals surface area contributed by atoms with E-state index in [1.54, 1.807) is 12.1 Å². The molecule has 0 radical (unpaired) electrons. The maximum atomic E-state index is 12.9. The van der Waals surface area contributed by atoms with Gasteiger partial charge in [0.05, 0.1) is 19.1 Å². The number of aromatic hydroxyl groups is 1. The number of aliphatic hydroxyl groups excluding tert-OH is 7. The van der Waals surface area contributed by atoms with Crippen LogP contribution < -0.4 is 14.2 Å². The minimum Gasteiger partial charge on any atom is -0.507 e. The molecule has 0 aliphatic carbocycles. The second-order valence-electron chi connectivity index (χ2n) is 10.2. The molecule has 2 saturated heterocycles. The van der Waals surface area contributed by atoms with Gasteiger partial charge in [0, 0.05) is 12.1 Å². The summed E-state index contributed by atoms with van der Waals surface area (Å²) < 4.78 is 28.0. The van der Waals surface area contributed by atoms with Crippen molar-refractivity contribution in [1.29, 1.82) is 0 Å². The second-order valence-corrected chi connectivity index (χ2v) is 10.2. The third kappa shape index (κ3) is 5.70. The van der Waals surface area contributed by atoms with Crippen molar-refractivity contribution in [3.05, 3.63) is 47.5 Å². The summed E-state index contributed by atoms with van der Waals surface area (Å²) in [6.07, 6.45) is -14.7. The summed E-state index contributed by atoms with van der Waals surface area (Å²) in [4.78, 5) is 12.9. The van der Waals surface area contributed by atoms with E-state index >= 15 is 0 Å². The van der Waals surface area contributed by atoms with Gasteiger partial charge >= 0.3 is 0 Å². The zero-order valence-electron chi connectivity index (χ0n) is 21.8. The van der Waals surface area contributed by atoms with Crippen LogP contribution in [0.25, 0.3) is 0 Å². The Morgan fingerprint density at radius 3 is 2.07 bits per heavy atom. The molecule has 14 nitrogen and oxygen atoms in total. The number of Topliss-reactive ketones (excluding diaryl/α,β-unsaturated/α-hetero) is 1. The van der Waals surface area contributed by atoms with Crippen LogP contribution in [0.3, 0.4) is 0 Å². The Labute approximate surface area is 233 Å². The van der Waals surface area contributed by atoms with E-state index in [4.69, 9.17) is 23.7 Å². The number of hydrogen-bond acceptors (Lipinski definition) is 14. The average Bonchev–Trinajstić information content (AvgIpc) is 2.95. The van der Waals surface area contributed by atoms with Gasteiger partial charge < -0.3 is 64.5 Å². The highest BCUT2D eigenvalue weighted by Crippen LogP contribution is 2.42. The lowest BCUT2D eigenvalue weighted by Crippen LogP contribution is -2.60. The minimum absolute atomic E-state index is 0.0156. The monoisotopic (exact) mass is 580 g/mol. The largest absolute Gasteiger partial charge is 0.507 e. The molecule has 11 atom stereocenters. The van der Waals surface area contributed by atoms with Crippen molar-refractivity contribution in [2.75, 3.05) is 6.61 Å². The third-order valence-electron chi connectivity index (χ3n) is 7.39. The fourth-order valence-corrected chi connectivity index (χ4v) is 4.97. The van der Waals surface area contributed by atoms with Gasteiger partial charge in [0.15, 0.2) is 5.78 Å². The molecule has 8 N–H and O–H groups in total.